The largest absolute Gasteiger partial charge is 0.367 e. The molecule has 112 valence electrons. The molecule has 0 radical (unpaired) electrons. The molecule has 0 fully saturated rings. The molecular weight excluding hydrogens is 244 g/mol. The van der Waals surface area contributed by atoms with Gasteiger partial charge in [0.1, 0.15) is 0 Å². The maximum atomic E-state index is 3.63. The summed E-state index contributed by atoms with van der Waals surface area (Å²) in [6.45, 7) is 8.01. The fourth-order valence-electron chi connectivity index (χ4n) is 3.25. The Balaban J connectivity index is 2.14. The molecule has 1 aliphatic rings. The second kappa shape index (κ2) is 8.31. The van der Waals surface area contributed by atoms with Crippen molar-refractivity contribution in [3.8, 4) is 0 Å². The SMILES string of the molecule is CCCNCC(CCC)N1CCCCc2ccccc21. The molecule has 0 aliphatic carbocycles. The van der Waals surface area contributed by atoms with Gasteiger partial charge in [0, 0.05) is 24.8 Å². The van der Waals surface area contributed by atoms with E-state index in [-0.39, 0.29) is 0 Å². The lowest BCUT2D eigenvalue weighted by Gasteiger charge is -2.34. The van der Waals surface area contributed by atoms with Crippen LogP contribution in [0.4, 0.5) is 5.69 Å². The molecule has 1 unspecified atom stereocenters. The molecule has 1 aliphatic heterocycles. The highest BCUT2D eigenvalue weighted by Crippen LogP contribution is 2.28. The van der Waals surface area contributed by atoms with E-state index < -0.39 is 0 Å². The highest BCUT2D eigenvalue weighted by Gasteiger charge is 2.21. The number of hydrogen-bond donors (Lipinski definition) is 1. The number of anilines is 1. The van der Waals surface area contributed by atoms with Crippen LogP contribution in [0.3, 0.4) is 0 Å². The minimum absolute atomic E-state index is 0.644. The summed E-state index contributed by atoms with van der Waals surface area (Å²) in [7, 11) is 0. The van der Waals surface area contributed by atoms with Crippen molar-refractivity contribution in [1.29, 1.82) is 0 Å². The average molecular weight is 274 g/mol. The molecule has 2 nitrogen and oxygen atoms in total. The normalized spacial score (nSPS) is 16.6. The summed E-state index contributed by atoms with van der Waals surface area (Å²) in [6, 6.07) is 9.66. The number of rotatable bonds is 7. The minimum Gasteiger partial charge on any atom is -0.367 e. The van der Waals surface area contributed by atoms with Crippen molar-refractivity contribution in [3.05, 3.63) is 29.8 Å². The molecule has 20 heavy (non-hydrogen) atoms. The molecule has 1 atom stereocenters. The van der Waals surface area contributed by atoms with E-state index in [9.17, 15) is 0 Å². The minimum atomic E-state index is 0.644. The van der Waals surface area contributed by atoms with Crippen LogP contribution in [-0.2, 0) is 6.42 Å². The molecule has 0 amide bonds. The van der Waals surface area contributed by atoms with E-state index >= 15 is 0 Å². The number of fused-ring (bicyclic) bond motifs is 1. The van der Waals surface area contributed by atoms with Crippen molar-refractivity contribution in [2.24, 2.45) is 0 Å². The predicted octanol–water partition coefficient (Wildman–Crippen LogP) is 4.00. The van der Waals surface area contributed by atoms with E-state index in [1.807, 2.05) is 0 Å². The monoisotopic (exact) mass is 274 g/mol. The first-order chi connectivity index (χ1) is 9.86. The topological polar surface area (TPSA) is 15.3 Å². The molecule has 0 bridgehead atoms. The zero-order chi connectivity index (χ0) is 14.2. The van der Waals surface area contributed by atoms with Gasteiger partial charge in [-0.2, -0.15) is 0 Å². The van der Waals surface area contributed by atoms with Gasteiger partial charge in [0.25, 0.3) is 0 Å². The lowest BCUT2D eigenvalue weighted by molar-refractivity contribution is 0.494. The maximum absolute atomic E-state index is 3.63. The Hall–Kier alpha value is -1.02. The van der Waals surface area contributed by atoms with Crippen molar-refractivity contribution >= 4 is 5.69 Å². The third-order valence-electron chi connectivity index (χ3n) is 4.27. The lowest BCUT2D eigenvalue weighted by Crippen LogP contribution is -2.43. The van der Waals surface area contributed by atoms with Gasteiger partial charge in [-0.15, -0.1) is 0 Å². The number of aryl methyl sites for hydroxylation is 1. The van der Waals surface area contributed by atoms with Gasteiger partial charge in [0.05, 0.1) is 0 Å². The molecule has 1 aromatic carbocycles. The summed E-state index contributed by atoms with van der Waals surface area (Å²) >= 11 is 0. The summed E-state index contributed by atoms with van der Waals surface area (Å²) in [5, 5.41) is 3.63. The van der Waals surface area contributed by atoms with Crippen molar-refractivity contribution in [2.45, 2.75) is 58.4 Å². The quantitative estimate of drug-likeness (QED) is 0.756. The van der Waals surface area contributed by atoms with Gasteiger partial charge in [0.2, 0.25) is 0 Å². The maximum Gasteiger partial charge on any atom is 0.0414 e. The second-order valence-electron chi connectivity index (χ2n) is 5.93. The van der Waals surface area contributed by atoms with Gasteiger partial charge in [0.15, 0.2) is 0 Å². The summed E-state index contributed by atoms with van der Waals surface area (Å²) < 4.78 is 0. The first-order valence-corrected chi connectivity index (χ1v) is 8.42. The van der Waals surface area contributed by atoms with Crippen LogP contribution in [0.5, 0.6) is 0 Å². The van der Waals surface area contributed by atoms with Crippen LogP contribution in [0.15, 0.2) is 24.3 Å². The van der Waals surface area contributed by atoms with E-state index in [1.165, 1.54) is 50.8 Å². The highest BCUT2D eigenvalue weighted by atomic mass is 15.2. The number of nitrogens with one attached hydrogen (secondary N) is 1. The summed E-state index contributed by atoms with van der Waals surface area (Å²) in [6.07, 6.45) is 7.66. The fraction of sp³-hybridized carbons (Fsp3) is 0.667. The molecule has 0 saturated carbocycles. The summed E-state index contributed by atoms with van der Waals surface area (Å²) in [4.78, 5) is 2.68. The first kappa shape index (κ1) is 15.4. The second-order valence-corrected chi connectivity index (χ2v) is 5.93. The van der Waals surface area contributed by atoms with Crippen LogP contribution in [0.25, 0.3) is 0 Å². The summed E-state index contributed by atoms with van der Waals surface area (Å²) in [5.74, 6) is 0. The van der Waals surface area contributed by atoms with Crippen LogP contribution in [0.1, 0.15) is 51.5 Å². The van der Waals surface area contributed by atoms with E-state index in [0.717, 1.165) is 13.1 Å². The lowest BCUT2D eigenvalue weighted by atomic mass is 10.1. The zero-order valence-electron chi connectivity index (χ0n) is 13.2. The van der Waals surface area contributed by atoms with Crippen molar-refractivity contribution in [2.75, 3.05) is 24.5 Å². The molecular formula is C18H30N2. The van der Waals surface area contributed by atoms with Crippen LogP contribution in [-0.4, -0.2) is 25.7 Å². The molecule has 0 saturated heterocycles. The first-order valence-electron chi connectivity index (χ1n) is 8.42. The van der Waals surface area contributed by atoms with Crippen molar-refractivity contribution in [3.63, 3.8) is 0 Å². The van der Waals surface area contributed by atoms with Gasteiger partial charge < -0.3 is 10.2 Å². The van der Waals surface area contributed by atoms with Crippen LogP contribution in [0, 0.1) is 0 Å². The zero-order valence-corrected chi connectivity index (χ0v) is 13.2. The Morgan fingerprint density at radius 2 is 2.00 bits per heavy atom. The Bertz CT molecular complexity index is 389. The van der Waals surface area contributed by atoms with Gasteiger partial charge in [-0.25, -0.2) is 0 Å². The molecule has 2 rings (SSSR count). The van der Waals surface area contributed by atoms with Crippen molar-refractivity contribution < 1.29 is 0 Å². The van der Waals surface area contributed by atoms with Gasteiger partial charge in [-0.1, -0.05) is 38.5 Å². The average Bonchev–Trinajstić information content (AvgIpc) is 2.69. The molecule has 1 N–H and O–H groups in total. The van der Waals surface area contributed by atoms with E-state index in [0.29, 0.717) is 6.04 Å². The van der Waals surface area contributed by atoms with E-state index in [4.69, 9.17) is 0 Å². The standard InChI is InChI=1S/C18H30N2/c1-3-9-17(15-19-13-4-2)20-14-8-7-11-16-10-5-6-12-18(16)20/h5-6,10,12,17,19H,3-4,7-9,11,13-15H2,1-2H3. The molecule has 2 heteroatoms. The molecule has 0 aromatic heterocycles. The number of benzene rings is 1. The van der Waals surface area contributed by atoms with E-state index in [1.54, 1.807) is 5.56 Å². The Morgan fingerprint density at radius 3 is 2.80 bits per heavy atom. The molecule has 0 spiro atoms. The smallest absolute Gasteiger partial charge is 0.0414 e. The highest BCUT2D eigenvalue weighted by molar-refractivity contribution is 5.55. The van der Waals surface area contributed by atoms with E-state index in [2.05, 4.69) is 48.3 Å². The van der Waals surface area contributed by atoms with Crippen molar-refractivity contribution in [1.82, 2.24) is 5.32 Å². The van der Waals surface area contributed by atoms with Crippen LogP contribution in [0.2, 0.25) is 0 Å². The predicted molar refractivity (Wildman–Crippen MR) is 88.6 cm³/mol. The van der Waals surface area contributed by atoms with Gasteiger partial charge in [-0.3, -0.25) is 0 Å². The molecule has 1 heterocycles. The summed E-state index contributed by atoms with van der Waals surface area (Å²) in [5.41, 5.74) is 3.03. The Morgan fingerprint density at radius 1 is 1.15 bits per heavy atom. The fourth-order valence-corrected chi connectivity index (χ4v) is 3.25. The number of para-hydroxylation sites is 1. The number of nitrogens with zero attached hydrogens (tertiary/aromatic N) is 1. The van der Waals surface area contributed by atoms with Gasteiger partial charge in [-0.05, 0) is 50.3 Å². The third-order valence-corrected chi connectivity index (χ3v) is 4.27. The molecule has 1 aromatic rings. The Kier molecular flexibility index (Phi) is 6.38. The van der Waals surface area contributed by atoms with Gasteiger partial charge >= 0.3 is 0 Å². The van der Waals surface area contributed by atoms with Crippen LogP contribution < -0.4 is 10.2 Å². The number of hydrogen-bond acceptors (Lipinski definition) is 2. The van der Waals surface area contributed by atoms with Crippen LogP contribution >= 0.6 is 0 Å². The third kappa shape index (κ3) is 3.99. The Labute approximate surface area is 124 Å².